The van der Waals surface area contributed by atoms with Gasteiger partial charge in [-0.1, -0.05) is 24.3 Å². The molecule has 0 aromatic heterocycles. The van der Waals surface area contributed by atoms with E-state index >= 15 is 0 Å². The van der Waals surface area contributed by atoms with Gasteiger partial charge < -0.3 is 4.74 Å². The van der Waals surface area contributed by atoms with Crippen LogP contribution in [0.5, 0.6) is 5.75 Å². The summed E-state index contributed by atoms with van der Waals surface area (Å²) in [5.41, 5.74) is -0.771. The summed E-state index contributed by atoms with van der Waals surface area (Å²) in [7, 11) is 1.40. The van der Waals surface area contributed by atoms with E-state index in [1.807, 2.05) is 0 Å². The van der Waals surface area contributed by atoms with Crippen LogP contribution >= 0.6 is 0 Å². The van der Waals surface area contributed by atoms with Crippen LogP contribution in [-0.4, -0.2) is 18.7 Å². The fourth-order valence-corrected chi connectivity index (χ4v) is 2.76. The van der Waals surface area contributed by atoms with Crippen LogP contribution in [0.4, 0.5) is 13.2 Å². The fourth-order valence-electron chi connectivity index (χ4n) is 2.76. The van der Waals surface area contributed by atoms with Gasteiger partial charge in [-0.05, 0) is 18.2 Å². The molecule has 0 amide bonds. The Bertz CT molecular complexity index is 809. The van der Waals surface area contributed by atoms with Crippen molar-refractivity contribution in [2.45, 2.75) is 12.1 Å². The first kappa shape index (κ1) is 15.3. The van der Waals surface area contributed by atoms with Gasteiger partial charge in [-0.3, -0.25) is 9.59 Å². The van der Waals surface area contributed by atoms with E-state index in [1.54, 1.807) is 24.3 Å². The van der Waals surface area contributed by atoms with Gasteiger partial charge in [0, 0.05) is 16.7 Å². The Morgan fingerprint density at radius 1 is 0.957 bits per heavy atom. The first-order valence-corrected chi connectivity index (χ1v) is 6.77. The third kappa shape index (κ3) is 2.40. The summed E-state index contributed by atoms with van der Waals surface area (Å²) in [6, 6.07) is 9.10. The lowest BCUT2D eigenvalue weighted by Crippen LogP contribution is -2.14. The summed E-state index contributed by atoms with van der Waals surface area (Å²) >= 11 is 0. The molecule has 2 aromatic carbocycles. The van der Waals surface area contributed by atoms with Crippen molar-refractivity contribution >= 4 is 11.6 Å². The molecule has 0 saturated carbocycles. The van der Waals surface area contributed by atoms with Crippen LogP contribution in [-0.2, 0) is 6.18 Å². The number of alkyl halides is 3. The maximum atomic E-state index is 12.8. The highest BCUT2D eigenvalue weighted by Crippen LogP contribution is 2.40. The minimum Gasteiger partial charge on any atom is -0.496 e. The van der Waals surface area contributed by atoms with E-state index in [2.05, 4.69) is 0 Å². The van der Waals surface area contributed by atoms with Gasteiger partial charge in [0.05, 0.1) is 12.7 Å². The molecular weight excluding hydrogens is 309 g/mol. The molecule has 6 heteroatoms. The van der Waals surface area contributed by atoms with Crippen molar-refractivity contribution in [1.82, 2.24) is 0 Å². The maximum Gasteiger partial charge on any atom is 0.416 e. The molecule has 0 aliphatic heterocycles. The van der Waals surface area contributed by atoms with Crippen molar-refractivity contribution in [3.63, 3.8) is 0 Å². The van der Waals surface area contributed by atoms with Crippen molar-refractivity contribution in [1.29, 1.82) is 0 Å². The number of carbonyl (C=O) groups excluding carboxylic acids is 2. The second kappa shape index (κ2) is 5.22. The molecular formula is C17H11F3O3. The van der Waals surface area contributed by atoms with Crippen LogP contribution in [0.2, 0.25) is 0 Å². The summed E-state index contributed by atoms with van der Waals surface area (Å²) in [6.45, 7) is 0. The lowest BCUT2D eigenvalue weighted by atomic mass is 9.93. The van der Waals surface area contributed by atoms with Gasteiger partial charge in [0.2, 0.25) is 0 Å². The third-order valence-electron chi connectivity index (χ3n) is 3.85. The summed E-state index contributed by atoms with van der Waals surface area (Å²) in [5.74, 6) is -1.96. The number of hydrogen-bond acceptors (Lipinski definition) is 3. The van der Waals surface area contributed by atoms with Crippen LogP contribution < -0.4 is 4.74 Å². The first-order valence-electron chi connectivity index (χ1n) is 6.77. The van der Waals surface area contributed by atoms with Gasteiger partial charge >= 0.3 is 6.18 Å². The van der Waals surface area contributed by atoms with Gasteiger partial charge in [0.15, 0.2) is 11.6 Å². The zero-order valence-electron chi connectivity index (χ0n) is 12.0. The van der Waals surface area contributed by atoms with Gasteiger partial charge in [-0.2, -0.15) is 13.2 Å². The van der Waals surface area contributed by atoms with Crippen molar-refractivity contribution in [2.75, 3.05) is 7.11 Å². The second-order valence-electron chi connectivity index (χ2n) is 5.16. The van der Waals surface area contributed by atoms with Crippen LogP contribution in [0, 0.1) is 0 Å². The number of fused-ring (bicyclic) bond motifs is 1. The topological polar surface area (TPSA) is 43.4 Å². The zero-order chi connectivity index (χ0) is 16.8. The average Bonchev–Trinajstić information content (AvgIpc) is 2.77. The van der Waals surface area contributed by atoms with Crippen LogP contribution in [0.15, 0.2) is 42.5 Å². The van der Waals surface area contributed by atoms with Gasteiger partial charge in [0.25, 0.3) is 0 Å². The highest BCUT2D eigenvalue weighted by atomic mass is 19.4. The number of rotatable bonds is 2. The second-order valence-corrected chi connectivity index (χ2v) is 5.16. The molecule has 0 saturated heterocycles. The number of hydrogen-bond donors (Lipinski definition) is 0. The molecule has 1 aliphatic rings. The highest BCUT2D eigenvalue weighted by molar-refractivity contribution is 6.30. The van der Waals surface area contributed by atoms with Crippen molar-refractivity contribution in [3.8, 4) is 5.75 Å². The number of benzene rings is 2. The zero-order valence-corrected chi connectivity index (χ0v) is 12.0. The normalized spacial score (nSPS) is 17.3. The van der Waals surface area contributed by atoms with Crippen LogP contribution in [0.3, 0.4) is 0 Å². The molecule has 1 unspecified atom stereocenters. The van der Waals surface area contributed by atoms with Gasteiger partial charge in [-0.25, -0.2) is 0 Å². The maximum absolute atomic E-state index is 12.8. The molecule has 2 aromatic rings. The Morgan fingerprint density at radius 3 is 2.26 bits per heavy atom. The number of para-hydroxylation sites is 1. The largest absolute Gasteiger partial charge is 0.496 e. The van der Waals surface area contributed by atoms with E-state index in [-0.39, 0.29) is 11.1 Å². The minimum absolute atomic E-state index is 0.0129. The Labute approximate surface area is 129 Å². The lowest BCUT2D eigenvalue weighted by Gasteiger charge is -2.12. The summed E-state index contributed by atoms with van der Waals surface area (Å²) in [6.07, 6.45) is -4.57. The Morgan fingerprint density at radius 2 is 1.61 bits per heavy atom. The van der Waals surface area contributed by atoms with Crippen molar-refractivity contribution in [3.05, 3.63) is 64.7 Å². The van der Waals surface area contributed by atoms with E-state index < -0.39 is 29.2 Å². The quantitative estimate of drug-likeness (QED) is 0.789. The lowest BCUT2D eigenvalue weighted by molar-refractivity contribution is -0.137. The molecule has 0 heterocycles. The number of Topliss-reactive ketones (excluding diaryl/α,β-unsaturated/α-hetero) is 2. The number of carbonyl (C=O) groups is 2. The Balaban J connectivity index is 2.11. The predicted molar refractivity (Wildman–Crippen MR) is 75.8 cm³/mol. The van der Waals surface area contributed by atoms with Gasteiger partial charge in [-0.15, -0.1) is 0 Å². The molecule has 1 atom stereocenters. The first-order chi connectivity index (χ1) is 10.8. The molecule has 0 bridgehead atoms. The Hall–Kier alpha value is -2.63. The molecule has 23 heavy (non-hydrogen) atoms. The molecule has 1 aliphatic carbocycles. The number of halogens is 3. The molecule has 3 nitrogen and oxygen atoms in total. The molecule has 118 valence electrons. The summed E-state index contributed by atoms with van der Waals surface area (Å²) < 4.78 is 43.6. The van der Waals surface area contributed by atoms with Crippen LogP contribution in [0.1, 0.15) is 37.8 Å². The molecule has 0 radical (unpaired) electrons. The number of ether oxygens (including phenoxy) is 1. The van der Waals surface area contributed by atoms with Gasteiger partial charge in [0.1, 0.15) is 11.7 Å². The van der Waals surface area contributed by atoms with Crippen molar-refractivity contribution in [2.24, 2.45) is 0 Å². The standard InChI is InChI=1S/C17H11F3O3/c1-23-13-5-3-2-4-11(13)14-15(21)10-7-6-9(17(18,19)20)8-12(10)16(14)22/h2-8,14H,1H3. The average molecular weight is 320 g/mol. The van der Waals surface area contributed by atoms with E-state index in [1.165, 1.54) is 7.11 Å². The summed E-state index contributed by atoms with van der Waals surface area (Å²) in [4.78, 5) is 25.0. The van der Waals surface area contributed by atoms with E-state index in [9.17, 15) is 22.8 Å². The number of ketones is 2. The third-order valence-corrected chi connectivity index (χ3v) is 3.85. The van der Waals surface area contributed by atoms with Crippen molar-refractivity contribution < 1.29 is 27.5 Å². The smallest absolute Gasteiger partial charge is 0.416 e. The van der Waals surface area contributed by atoms with E-state index in [0.717, 1.165) is 18.2 Å². The molecule has 3 rings (SSSR count). The Kier molecular flexibility index (Phi) is 3.47. The highest BCUT2D eigenvalue weighted by Gasteiger charge is 2.42. The summed E-state index contributed by atoms with van der Waals surface area (Å²) in [5, 5.41) is 0. The molecule has 0 spiro atoms. The fraction of sp³-hybridized carbons (Fsp3) is 0.176. The van der Waals surface area contributed by atoms with Crippen LogP contribution in [0.25, 0.3) is 0 Å². The number of methoxy groups -OCH3 is 1. The molecule has 0 fully saturated rings. The SMILES string of the molecule is COc1ccccc1C1C(=O)c2ccc(C(F)(F)F)cc2C1=O. The molecule has 0 N–H and O–H groups in total. The van der Waals surface area contributed by atoms with E-state index in [4.69, 9.17) is 4.74 Å². The monoisotopic (exact) mass is 320 g/mol. The minimum atomic E-state index is -4.57. The predicted octanol–water partition coefficient (Wildman–Crippen LogP) is 3.88. The van der Waals surface area contributed by atoms with E-state index in [0.29, 0.717) is 11.3 Å².